The van der Waals surface area contributed by atoms with E-state index in [4.69, 9.17) is 5.73 Å². The summed E-state index contributed by atoms with van der Waals surface area (Å²) in [5.41, 5.74) is 8.15. The van der Waals surface area contributed by atoms with E-state index in [9.17, 15) is 4.39 Å². The molecule has 3 nitrogen and oxygen atoms in total. The Balaban J connectivity index is 2.30. The highest BCUT2D eigenvalue weighted by molar-refractivity contribution is 5.40. The predicted molar refractivity (Wildman–Crippen MR) is 68.9 cm³/mol. The highest BCUT2D eigenvalue weighted by Gasteiger charge is 2.07. The molecule has 2 rings (SSSR count). The molecule has 0 amide bonds. The van der Waals surface area contributed by atoms with Crippen LogP contribution >= 0.6 is 0 Å². The minimum atomic E-state index is -0.291. The van der Waals surface area contributed by atoms with Crippen LogP contribution in [0.3, 0.4) is 0 Å². The van der Waals surface area contributed by atoms with Crippen LogP contribution in [0.25, 0.3) is 5.69 Å². The smallest absolute Gasteiger partial charge is 0.125 e. The summed E-state index contributed by atoms with van der Waals surface area (Å²) in [6.07, 6.45) is 6.16. The van der Waals surface area contributed by atoms with Crippen molar-refractivity contribution in [1.29, 1.82) is 0 Å². The molecule has 0 aliphatic carbocycles. The van der Waals surface area contributed by atoms with Gasteiger partial charge in [-0.25, -0.2) is 9.07 Å². The Bertz CT molecular complexity index is 520. The number of benzene rings is 1. The van der Waals surface area contributed by atoms with E-state index in [0.29, 0.717) is 12.2 Å². The molecule has 0 saturated carbocycles. The van der Waals surface area contributed by atoms with E-state index in [-0.39, 0.29) is 5.82 Å². The molecule has 2 N–H and O–H groups in total. The molecule has 2 aromatic rings. The largest absolute Gasteiger partial charge is 0.326 e. The van der Waals surface area contributed by atoms with E-state index in [1.54, 1.807) is 10.7 Å². The highest BCUT2D eigenvalue weighted by Crippen LogP contribution is 2.16. The molecule has 1 aromatic heterocycles. The average Bonchev–Trinajstić information content (AvgIpc) is 2.85. The van der Waals surface area contributed by atoms with E-state index in [1.165, 1.54) is 12.1 Å². The van der Waals surface area contributed by atoms with Crippen molar-refractivity contribution in [2.75, 3.05) is 0 Å². The fourth-order valence-electron chi connectivity index (χ4n) is 1.83. The van der Waals surface area contributed by atoms with Gasteiger partial charge >= 0.3 is 0 Å². The first kappa shape index (κ1) is 12.8. The summed E-state index contributed by atoms with van der Waals surface area (Å²) in [5.74, 6) is -0.291. The molecule has 95 valence electrons. The first-order chi connectivity index (χ1) is 8.74. The third-order valence-corrected chi connectivity index (χ3v) is 2.86. The molecule has 4 heteroatoms. The van der Waals surface area contributed by atoms with Crippen molar-refractivity contribution in [3.63, 3.8) is 0 Å². The molecular formula is C14H17FN3. The van der Waals surface area contributed by atoms with Crippen LogP contribution in [0.2, 0.25) is 0 Å². The zero-order valence-corrected chi connectivity index (χ0v) is 10.5. The van der Waals surface area contributed by atoms with E-state index < -0.39 is 0 Å². The number of nitrogens with two attached hydrogens (primary N) is 1. The summed E-state index contributed by atoms with van der Waals surface area (Å²) in [4.78, 5) is 0. The van der Waals surface area contributed by atoms with Crippen LogP contribution in [-0.4, -0.2) is 9.78 Å². The van der Waals surface area contributed by atoms with Crippen LogP contribution in [0.4, 0.5) is 4.39 Å². The van der Waals surface area contributed by atoms with Crippen molar-refractivity contribution in [2.45, 2.75) is 32.7 Å². The molecule has 0 saturated heterocycles. The SMILES string of the molecule is CCCCc1c[c]n(-c2cc(F)ccc2CN)n1. The Labute approximate surface area is 106 Å². The minimum absolute atomic E-state index is 0.291. The quantitative estimate of drug-likeness (QED) is 0.881. The van der Waals surface area contributed by atoms with Gasteiger partial charge in [-0.2, -0.15) is 5.10 Å². The van der Waals surface area contributed by atoms with Gasteiger partial charge in [0, 0.05) is 6.54 Å². The Morgan fingerprint density at radius 2 is 2.28 bits per heavy atom. The summed E-state index contributed by atoms with van der Waals surface area (Å²) in [6.45, 7) is 2.49. The van der Waals surface area contributed by atoms with Gasteiger partial charge in [0.25, 0.3) is 0 Å². The number of hydrogen-bond acceptors (Lipinski definition) is 2. The molecule has 0 bridgehead atoms. The number of aryl methyl sites for hydroxylation is 1. The number of unbranched alkanes of at least 4 members (excludes halogenated alkanes) is 1. The Morgan fingerprint density at radius 1 is 1.44 bits per heavy atom. The molecule has 0 spiro atoms. The molecule has 0 atom stereocenters. The minimum Gasteiger partial charge on any atom is -0.326 e. The van der Waals surface area contributed by atoms with Gasteiger partial charge in [0.05, 0.1) is 17.6 Å². The van der Waals surface area contributed by atoms with Crippen LogP contribution < -0.4 is 5.73 Å². The summed E-state index contributed by atoms with van der Waals surface area (Å²) in [7, 11) is 0. The van der Waals surface area contributed by atoms with Crippen LogP contribution in [0.15, 0.2) is 24.3 Å². The molecular weight excluding hydrogens is 229 g/mol. The Kier molecular flexibility index (Phi) is 4.10. The van der Waals surface area contributed by atoms with E-state index in [1.807, 2.05) is 6.07 Å². The van der Waals surface area contributed by atoms with Crippen molar-refractivity contribution in [3.05, 3.63) is 47.5 Å². The first-order valence-electron chi connectivity index (χ1n) is 6.20. The molecule has 1 radical (unpaired) electrons. The Hall–Kier alpha value is -1.68. The maximum absolute atomic E-state index is 13.3. The zero-order chi connectivity index (χ0) is 13.0. The zero-order valence-electron chi connectivity index (χ0n) is 10.5. The molecule has 0 unspecified atom stereocenters. The van der Waals surface area contributed by atoms with Gasteiger partial charge in [0.15, 0.2) is 0 Å². The predicted octanol–water partition coefficient (Wildman–Crippen LogP) is 2.61. The fourth-order valence-corrected chi connectivity index (χ4v) is 1.83. The van der Waals surface area contributed by atoms with Gasteiger partial charge in [0.2, 0.25) is 0 Å². The van der Waals surface area contributed by atoms with Crippen molar-refractivity contribution < 1.29 is 4.39 Å². The van der Waals surface area contributed by atoms with Crippen LogP contribution in [0, 0.1) is 12.0 Å². The first-order valence-corrected chi connectivity index (χ1v) is 6.20. The van der Waals surface area contributed by atoms with Crippen molar-refractivity contribution in [2.24, 2.45) is 5.73 Å². The third-order valence-electron chi connectivity index (χ3n) is 2.86. The van der Waals surface area contributed by atoms with Crippen LogP contribution in [-0.2, 0) is 13.0 Å². The summed E-state index contributed by atoms with van der Waals surface area (Å²) in [6, 6.07) is 6.38. The van der Waals surface area contributed by atoms with E-state index >= 15 is 0 Å². The summed E-state index contributed by atoms with van der Waals surface area (Å²) >= 11 is 0. The summed E-state index contributed by atoms with van der Waals surface area (Å²) in [5, 5.41) is 4.41. The molecule has 1 aromatic carbocycles. The maximum atomic E-state index is 13.3. The second-order valence-corrected chi connectivity index (χ2v) is 4.26. The standard InChI is InChI=1S/C14H17FN3/c1-2-3-4-13-7-8-18(17-13)14-9-12(15)6-5-11(14)10-16/h5-7,9H,2-4,10,16H2,1H3. The van der Waals surface area contributed by atoms with E-state index in [0.717, 1.165) is 30.5 Å². The fraction of sp³-hybridized carbons (Fsp3) is 0.357. The lowest BCUT2D eigenvalue weighted by molar-refractivity contribution is 0.623. The van der Waals surface area contributed by atoms with Crippen molar-refractivity contribution in [1.82, 2.24) is 9.78 Å². The number of hydrogen-bond donors (Lipinski definition) is 1. The highest BCUT2D eigenvalue weighted by atomic mass is 19.1. The van der Waals surface area contributed by atoms with E-state index in [2.05, 4.69) is 18.2 Å². The number of halogens is 1. The third kappa shape index (κ3) is 2.76. The topological polar surface area (TPSA) is 43.8 Å². The second-order valence-electron chi connectivity index (χ2n) is 4.26. The molecule has 0 aliphatic rings. The number of rotatable bonds is 5. The van der Waals surface area contributed by atoms with Crippen molar-refractivity contribution >= 4 is 0 Å². The lowest BCUT2D eigenvalue weighted by atomic mass is 10.2. The maximum Gasteiger partial charge on any atom is 0.125 e. The Morgan fingerprint density at radius 3 is 3.00 bits per heavy atom. The van der Waals surface area contributed by atoms with Gasteiger partial charge in [-0.3, -0.25) is 0 Å². The van der Waals surface area contributed by atoms with Crippen LogP contribution in [0.1, 0.15) is 31.0 Å². The molecule has 0 aliphatic heterocycles. The van der Waals surface area contributed by atoms with Crippen LogP contribution in [0.5, 0.6) is 0 Å². The summed E-state index contributed by atoms with van der Waals surface area (Å²) < 4.78 is 14.9. The molecule has 18 heavy (non-hydrogen) atoms. The lowest BCUT2D eigenvalue weighted by Gasteiger charge is -2.07. The number of nitrogens with zero attached hydrogens (tertiary/aromatic N) is 2. The van der Waals surface area contributed by atoms with Gasteiger partial charge < -0.3 is 5.73 Å². The van der Waals surface area contributed by atoms with Gasteiger partial charge in [-0.15, -0.1) is 0 Å². The van der Waals surface area contributed by atoms with Gasteiger partial charge in [0.1, 0.15) is 5.82 Å². The lowest BCUT2D eigenvalue weighted by Crippen LogP contribution is -2.06. The average molecular weight is 246 g/mol. The van der Waals surface area contributed by atoms with Crippen molar-refractivity contribution in [3.8, 4) is 5.69 Å². The molecule has 0 fully saturated rings. The monoisotopic (exact) mass is 246 g/mol. The second kappa shape index (κ2) is 5.78. The number of aromatic nitrogens is 2. The molecule has 1 heterocycles. The van der Waals surface area contributed by atoms with Gasteiger partial charge in [-0.05, 0) is 36.6 Å². The van der Waals surface area contributed by atoms with Gasteiger partial charge in [-0.1, -0.05) is 19.4 Å². The normalized spacial score (nSPS) is 10.8.